The molecule has 5 nitrogen and oxygen atoms in total. The zero-order valence-corrected chi connectivity index (χ0v) is 13.0. The Bertz CT molecular complexity index is 592. The average molecular weight is 316 g/mol. The smallest absolute Gasteiger partial charge is 0.229 e. The van der Waals surface area contributed by atoms with E-state index in [9.17, 15) is 12.8 Å². The van der Waals surface area contributed by atoms with Gasteiger partial charge in [-0.1, -0.05) is 12.8 Å². The first-order valence-electron chi connectivity index (χ1n) is 6.96. The van der Waals surface area contributed by atoms with E-state index in [1.54, 1.807) is 13.2 Å². The molecule has 0 spiro atoms. The molecule has 0 heterocycles. The van der Waals surface area contributed by atoms with Crippen LogP contribution in [0.4, 0.5) is 15.8 Å². The maximum atomic E-state index is 13.6. The van der Waals surface area contributed by atoms with E-state index in [2.05, 4.69) is 10.0 Å². The highest BCUT2D eigenvalue weighted by Gasteiger charge is 2.24. The van der Waals surface area contributed by atoms with Crippen LogP contribution in [0.1, 0.15) is 25.7 Å². The van der Waals surface area contributed by atoms with Gasteiger partial charge in [0.2, 0.25) is 10.0 Å². The Balaban J connectivity index is 2.15. The molecular formula is C14H21FN2O3S. The lowest BCUT2D eigenvalue weighted by Gasteiger charge is -2.32. The van der Waals surface area contributed by atoms with Crippen LogP contribution in [0.5, 0.6) is 0 Å². The number of hydrogen-bond donors (Lipinski definition) is 2. The summed E-state index contributed by atoms with van der Waals surface area (Å²) in [5.41, 5.74) is 0.628. The van der Waals surface area contributed by atoms with Gasteiger partial charge in [0.1, 0.15) is 5.82 Å². The summed E-state index contributed by atoms with van der Waals surface area (Å²) >= 11 is 0. The summed E-state index contributed by atoms with van der Waals surface area (Å²) in [6, 6.07) is 4.47. The van der Waals surface area contributed by atoms with E-state index in [1.165, 1.54) is 12.1 Å². The summed E-state index contributed by atoms with van der Waals surface area (Å²) in [4.78, 5) is 0. The van der Waals surface area contributed by atoms with E-state index in [1.807, 2.05) is 0 Å². The van der Waals surface area contributed by atoms with Crippen molar-refractivity contribution in [1.82, 2.24) is 0 Å². The van der Waals surface area contributed by atoms with E-state index in [0.29, 0.717) is 5.69 Å². The van der Waals surface area contributed by atoms with E-state index < -0.39 is 15.8 Å². The van der Waals surface area contributed by atoms with Crippen molar-refractivity contribution in [3.8, 4) is 0 Å². The van der Waals surface area contributed by atoms with Gasteiger partial charge in [-0.3, -0.25) is 4.72 Å². The van der Waals surface area contributed by atoms with Crippen molar-refractivity contribution in [2.75, 3.05) is 23.4 Å². The van der Waals surface area contributed by atoms with Gasteiger partial charge in [0, 0.05) is 12.8 Å². The number of anilines is 2. The first-order chi connectivity index (χ1) is 9.89. The maximum Gasteiger partial charge on any atom is 0.229 e. The minimum atomic E-state index is -3.51. The largest absolute Gasteiger partial charge is 0.380 e. The molecule has 1 aromatic carbocycles. The summed E-state index contributed by atoms with van der Waals surface area (Å²) in [5.74, 6) is -0.599. The highest BCUT2D eigenvalue weighted by atomic mass is 32.2. The number of benzene rings is 1. The number of hydrogen-bond acceptors (Lipinski definition) is 4. The third kappa shape index (κ3) is 4.57. The van der Waals surface area contributed by atoms with Crippen molar-refractivity contribution >= 4 is 21.4 Å². The number of rotatable bonds is 5. The van der Waals surface area contributed by atoms with Crippen molar-refractivity contribution in [3.05, 3.63) is 24.0 Å². The van der Waals surface area contributed by atoms with Gasteiger partial charge in [0.25, 0.3) is 0 Å². The van der Waals surface area contributed by atoms with Crippen molar-refractivity contribution in [1.29, 1.82) is 0 Å². The second kappa shape index (κ2) is 6.62. The molecule has 7 heteroatoms. The van der Waals surface area contributed by atoms with Crippen LogP contribution in [-0.4, -0.2) is 33.9 Å². The summed E-state index contributed by atoms with van der Waals surface area (Å²) in [7, 11) is -1.82. The monoisotopic (exact) mass is 316 g/mol. The average Bonchev–Trinajstić information content (AvgIpc) is 2.41. The lowest BCUT2D eigenvalue weighted by Crippen LogP contribution is -2.37. The minimum Gasteiger partial charge on any atom is -0.380 e. The fraction of sp³-hybridized carbons (Fsp3) is 0.571. The Labute approximate surface area is 124 Å². The fourth-order valence-corrected chi connectivity index (χ4v) is 3.21. The normalized spacial score (nSPS) is 22.8. The summed E-state index contributed by atoms with van der Waals surface area (Å²) < 4.78 is 43.8. The Morgan fingerprint density at radius 1 is 1.29 bits per heavy atom. The van der Waals surface area contributed by atoms with Crippen molar-refractivity contribution in [2.24, 2.45) is 0 Å². The Hall–Kier alpha value is -1.34. The molecule has 0 aliphatic heterocycles. The number of methoxy groups -OCH3 is 1. The molecule has 2 atom stereocenters. The highest BCUT2D eigenvalue weighted by Crippen LogP contribution is 2.26. The Morgan fingerprint density at radius 3 is 2.67 bits per heavy atom. The minimum absolute atomic E-state index is 0.0488. The molecule has 1 aliphatic carbocycles. The first kappa shape index (κ1) is 16.0. The van der Waals surface area contributed by atoms with Gasteiger partial charge >= 0.3 is 0 Å². The van der Waals surface area contributed by atoms with E-state index in [-0.39, 0.29) is 17.8 Å². The van der Waals surface area contributed by atoms with Gasteiger partial charge < -0.3 is 10.1 Å². The molecule has 0 radical (unpaired) electrons. The van der Waals surface area contributed by atoms with Crippen LogP contribution >= 0.6 is 0 Å². The predicted molar refractivity (Wildman–Crippen MR) is 81.5 cm³/mol. The van der Waals surface area contributed by atoms with Gasteiger partial charge in [0.05, 0.1) is 24.1 Å². The van der Waals surface area contributed by atoms with Crippen LogP contribution in [0.25, 0.3) is 0 Å². The van der Waals surface area contributed by atoms with Crippen LogP contribution < -0.4 is 10.0 Å². The third-order valence-electron chi connectivity index (χ3n) is 3.62. The van der Waals surface area contributed by atoms with Crippen LogP contribution in [0.2, 0.25) is 0 Å². The summed E-state index contributed by atoms with van der Waals surface area (Å²) in [6.45, 7) is 0. The molecule has 21 heavy (non-hydrogen) atoms. The topological polar surface area (TPSA) is 67.4 Å². The van der Waals surface area contributed by atoms with Crippen molar-refractivity contribution in [2.45, 2.75) is 37.8 Å². The van der Waals surface area contributed by atoms with Crippen LogP contribution in [0.15, 0.2) is 18.2 Å². The second-order valence-electron chi connectivity index (χ2n) is 5.38. The molecule has 0 amide bonds. The molecule has 0 bridgehead atoms. The molecule has 0 saturated heterocycles. The number of halogens is 1. The zero-order valence-electron chi connectivity index (χ0n) is 12.2. The van der Waals surface area contributed by atoms with Gasteiger partial charge in [-0.2, -0.15) is 0 Å². The predicted octanol–water partition coefficient (Wildman–Crippen LogP) is 2.57. The molecule has 1 aromatic rings. The highest BCUT2D eigenvalue weighted by molar-refractivity contribution is 7.92. The second-order valence-corrected chi connectivity index (χ2v) is 7.13. The quantitative estimate of drug-likeness (QED) is 0.876. The lowest BCUT2D eigenvalue weighted by molar-refractivity contribution is 0.0606. The number of sulfonamides is 1. The molecule has 1 fully saturated rings. The molecule has 2 unspecified atom stereocenters. The van der Waals surface area contributed by atoms with E-state index in [0.717, 1.165) is 31.9 Å². The number of nitrogens with one attached hydrogen (secondary N) is 2. The molecule has 2 rings (SSSR count). The number of ether oxygens (including phenoxy) is 1. The van der Waals surface area contributed by atoms with E-state index in [4.69, 9.17) is 4.74 Å². The lowest BCUT2D eigenvalue weighted by atomic mass is 9.92. The summed E-state index contributed by atoms with van der Waals surface area (Å²) in [6.07, 6.45) is 5.34. The van der Waals surface area contributed by atoms with Crippen molar-refractivity contribution in [3.63, 3.8) is 0 Å². The SMILES string of the molecule is COC1CCCCC1Nc1ccc(F)c(NS(C)(=O)=O)c1. The van der Waals surface area contributed by atoms with Gasteiger partial charge in [-0.05, 0) is 31.0 Å². The molecular weight excluding hydrogens is 295 g/mol. The van der Waals surface area contributed by atoms with Crippen LogP contribution in [0.3, 0.4) is 0 Å². The summed E-state index contributed by atoms with van der Waals surface area (Å²) in [5, 5.41) is 3.31. The third-order valence-corrected chi connectivity index (χ3v) is 4.21. The molecule has 1 aliphatic rings. The van der Waals surface area contributed by atoms with Crippen molar-refractivity contribution < 1.29 is 17.5 Å². The standard InChI is InChI=1S/C14H21FN2O3S/c1-20-14-6-4-3-5-12(14)16-10-7-8-11(15)13(9-10)17-21(2,18)19/h7-9,12,14,16-17H,3-6H2,1-2H3. The molecule has 0 aromatic heterocycles. The van der Waals surface area contributed by atoms with Crippen LogP contribution in [0, 0.1) is 5.82 Å². The first-order valence-corrected chi connectivity index (χ1v) is 8.85. The van der Waals surface area contributed by atoms with E-state index >= 15 is 0 Å². The van der Waals surface area contributed by atoms with Gasteiger partial charge in [-0.15, -0.1) is 0 Å². The van der Waals surface area contributed by atoms with Gasteiger partial charge in [-0.25, -0.2) is 12.8 Å². The molecule has 118 valence electrons. The molecule has 2 N–H and O–H groups in total. The zero-order chi connectivity index (χ0) is 15.5. The maximum absolute atomic E-state index is 13.6. The molecule has 1 saturated carbocycles. The Morgan fingerprint density at radius 2 is 2.00 bits per heavy atom. The fourth-order valence-electron chi connectivity index (χ4n) is 2.65. The van der Waals surface area contributed by atoms with Gasteiger partial charge in [0.15, 0.2) is 0 Å². The van der Waals surface area contributed by atoms with Crippen LogP contribution in [-0.2, 0) is 14.8 Å². The Kier molecular flexibility index (Phi) is 5.05.